The molecular formula is C28H38N6O8S. The van der Waals surface area contributed by atoms with Gasteiger partial charge in [-0.15, -0.1) is 0 Å². The van der Waals surface area contributed by atoms with E-state index in [1.54, 1.807) is 50.8 Å². The van der Waals surface area contributed by atoms with Crippen LogP contribution in [-0.2, 0) is 21.2 Å². The Balaban J connectivity index is 1.64. The van der Waals surface area contributed by atoms with Crippen LogP contribution >= 0.6 is 0 Å². The van der Waals surface area contributed by atoms with E-state index in [1.165, 1.54) is 18.3 Å². The number of aryl methyl sites for hydroxylation is 4. The van der Waals surface area contributed by atoms with E-state index in [-0.39, 0.29) is 54.3 Å². The summed E-state index contributed by atoms with van der Waals surface area (Å²) in [5.74, 6) is 0.451. The van der Waals surface area contributed by atoms with Gasteiger partial charge < -0.3 is 34.4 Å². The van der Waals surface area contributed by atoms with Gasteiger partial charge in [0.1, 0.15) is 33.8 Å². The first kappa shape index (κ1) is 32.0. The highest BCUT2D eigenvalue weighted by Crippen LogP contribution is 2.31. The average molecular weight is 619 g/mol. The fraction of sp³-hybridized carbons (Fsp3) is 0.500. The zero-order valence-corrected chi connectivity index (χ0v) is 26.1. The first-order chi connectivity index (χ1) is 20.2. The van der Waals surface area contributed by atoms with Gasteiger partial charge in [-0.3, -0.25) is 4.79 Å². The van der Waals surface area contributed by atoms with Crippen LogP contribution in [0.25, 0.3) is 0 Å². The third-order valence-electron chi connectivity index (χ3n) is 7.52. The van der Waals surface area contributed by atoms with E-state index >= 15 is 0 Å². The summed E-state index contributed by atoms with van der Waals surface area (Å²) in [5.41, 5.74) is 2.14. The van der Waals surface area contributed by atoms with Gasteiger partial charge in [-0.2, -0.15) is 4.31 Å². The zero-order chi connectivity index (χ0) is 31.6. The number of likely N-dealkylation sites (N-methyl/N-ethyl adjacent to an activating group) is 1. The Hall–Kier alpha value is -3.95. The number of aliphatic hydroxyl groups excluding tert-OH is 1. The van der Waals surface area contributed by atoms with E-state index in [0.717, 1.165) is 0 Å². The number of nitrogens with one attached hydrogen (secondary N) is 2. The van der Waals surface area contributed by atoms with Gasteiger partial charge in [-0.25, -0.2) is 13.2 Å². The number of anilines is 2. The molecule has 0 spiro atoms. The average Bonchev–Trinajstić information content (AvgIpc) is 3.47. The summed E-state index contributed by atoms with van der Waals surface area (Å²) < 4.78 is 44.7. The number of benzene rings is 1. The number of hydrogen-bond donors (Lipinski definition) is 3. The van der Waals surface area contributed by atoms with Gasteiger partial charge in [0.2, 0.25) is 15.9 Å². The number of fused-ring (bicyclic) bond motifs is 1. The Morgan fingerprint density at radius 3 is 2.42 bits per heavy atom. The molecule has 0 unspecified atom stereocenters. The van der Waals surface area contributed by atoms with Crippen molar-refractivity contribution in [1.29, 1.82) is 0 Å². The normalized spacial score (nSPS) is 18.3. The number of urea groups is 1. The SMILES string of the molecule is Cc1noc(C)c1NC(=O)Nc1ccc2c(c1)CC(=O)N([C@@H](C)CO)C[C@H](C)[C@H](CN(C)S(=O)(=O)c1c(C)noc1C)O2. The van der Waals surface area contributed by atoms with Crippen LogP contribution in [0.1, 0.15) is 42.3 Å². The summed E-state index contributed by atoms with van der Waals surface area (Å²) >= 11 is 0. The molecule has 1 aromatic carbocycles. The van der Waals surface area contributed by atoms with Crippen LogP contribution in [0.15, 0.2) is 32.1 Å². The minimum Gasteiger partial charge on any atom is -0.488 e. The van der Waals surface area contributed by atoms with E-state index in [4.69, 9.17) is 13.8 Å². The van der Waals surface area contributed by atoms with E-state index in [2.05, 4.69) is 20.9 Å². The number of rotatable bonds is 8. The van der Waals surface area contributed by atoms with Crippen LogP contribution < -0.4 is 15.4 Å². The van der Waals surface area contributed by atoms with Crippen LogP contribution in [0, 0.1) is 33.6 Å². The molecule has 4 rings (SSSR count). The molecule has 15 heteroatoms. The Labute approximate surface area is 250 Å². The van der Waals surface area contributed by atoms with Crippen molar-refractivity contribution >= 4 is 33.3 Å². The molecule has 3 heterocycles. The second-order valence-corrected chi connectivity index (χ2v) is 12.9. The summed E-state index contributed by atoms with van der Waals surface area (Å²) in [6.45, 7) is 10.0. The van der Waals surface area contributed by atoms with Crippen molar-refractivity contribution in [2.24, 2.45) is 5.92 Å². The van der Waals surface area contributed by atoms with Crippen molar-refractivity contribution in [2.45, 2.75) is 65.0 Å². The second-order valence-electron chi connectivity index (χ2n) is 10.9. The molecule has 234 valence electrons. The molecule has 2 aromatic heterocycles. The molecule has 3 N–H and O–H groups in total. The maximum atomic E-state index is 13.5. The maximum Gasteiger partial charge on any atom is 0.323 e. The molecule has 0 radical (unpaired) electrons. The number of ether oxygens (including phenoxy) is 1. The monoisotopic (exact) mass is 618 g/mol. The number of amides is 3. The predicted octanol–water partition coefficient (Wildman–Crippen LogP) is 3.01. The second kappa shape index (κ2) is 12.7. The molecule has 0 fully saturated rings. The van der Waals surface area contributed by atoms with Crippen molar-refractivity contribution in [3.05, 3.63) is 46.7 Å². The molecule has 0 aliphatic carbocycles. The van der Waals surface area contributed by atoms with Crippen LogP contribution in [0.3, 0.4) is 0 Å². The maximum absolute atomic E-state index is 13.5. The van der Waals surface area contributed by atoms with Crippen molar-refractivity contribution in [3.8, 4) is 5.75 Å². The summed E-state index contributed by atoms with van der Waals surface area (Å²) in [5, 5.41) is 23.0. The fourth-order valence-corrected chi connectivity index (χ4v) is 6.48. The third-order valence-corrected chi connectivity index (χ3v) is 9.59. The smallest absolute Gasteiger partial charge is 0.323 e. The van der Waals surface area contributed by atoms with Crippen molar-refractivity contribution in [3.63, 3.8) is 0 Å². The molecular weight excluding hydrogens is 580 g/mol. The van der Waals surface area contributed by atoms with Gasteiger partial charge in [0.15, 0.2) is 11.5 Å². The van der Waals surface area contributed by atoms with Gasteiger partial charge in [-0.05, 0) is 52.8 Å². The molecule has 0 saturated heterocycles. The van der Waals surface area contributed by atoms with Gasteiger partial charge >= 0.3 is 6.03 Å². The topological polar surface area (TPSA) is 180 Å². The third kappa shape index (κ3) is 6.84. The van der Waals surface area contributed by atoms with E-state index < -0.39 is 28.2 Å². The molecule has 3 amide bonds. The van der Waals surface area contributed by atoms with Gasteiger partial charge in [0.25, 0.3) is 0 Å². The standard InChI is InChI=1S/C28H38N6O8S/c1-15-12-34(16(2)14-35)25(36)11-21-10-22(29-28(37)30-26-17(3)31-41-19(26)5)8-9-23(21)40-24(15)13-33(7)43(38,39)27-18(4)32-42-20(27)6/h8-10,15-16,24,35H,11-14H2,1-7H3,(H2,29,30,37)/t15-,16-,24-/m0/s1. The van der Waals surface area contributed by atoms with E-state index in [9.17, 15) is 23.1 Å². The fourth-order valence-electron chi connectivity index (χ4n) is 5.01. The van der Waals surface area contributed by atoms with Gasteiger partial charge in [0, 0.05) is 30.8 Å². The minimum atomic E-state index is -3.97. The lowest BCUT2D eigenvalue weighted by atomic mass is 10.0. The molecule has 43 heavy (non-hydrogen) atoms. The van der Waals surface area contributed by atoms with Crippen molar-refractivity contribution in [1.82, 2.24) is 19.5 Å². The number of hydrogen-bond acceptors (Lipinski definition) is 10. The predicted molar refractivity (Wildman–Crippen MR) is 156 cm³/mol. The van der Waals surface area contributed by atoms with E-state index in [0.29, 0.717) is 34.1 Å². The van der Waals surface area contributed by atoms with Crippen LogP contribution in [0.4, 0.5) is 16.2 Å². The number of aliphatic hydroxyl groups is 1. The number of nitrogens with zero attached hydrogens (tertiary/aromatic N) is 4. The number of sulfonamides is 1. The number of aromatic nitrogens is 2. The van der Waals surface area contributed by atoms with Crippen LogP contribution in [0.5, 0.6) is 5.75 Å². The summed E-state index contributed by atoms with van der Waals surface area (Å²) in [7, 11) is -2.52. The minimum absolute atomic E-state index is 0.00223. The summed E-state index contributed by atoms with van der Waals surface area (Å²) in [6, 6.07) is 3.90. The van der Waals surface area contributed by atoms with Crippen LogP contribution in [0.2, 0.25) is 0 Å². The Morgan fingerprint density at radius 2 is 1.81 bits per heavy atom. The summed E-state index contributed by atoms with van der Waals surface area (Å²) in [4.78, 5) is 27.8. The van der Waals surface area contributed by atoms with Crippen LogP contribution in [-0.4, -0.2) is 83.9 Å². The largest absolute Gasteiger partial charge is 0.488 e. The van der Waals surface area contributed by atoms with Crippen molar-refractivity contribution < 1.29 is 36.9 Å². The first-order valence-corrected chi connectivity index (χ1v) is 15.3. The molecule has 1 aliphatic heterocycles. The molecule has 14 nitrogen and oxygen atoms in total. The van der Waals surface area contributed by atoms with E-state index in [1.807, 2.05) is 6.92 Å². The Bertz CT molecular complexity index is 1560. The highest BCUT2D eigenvalue weighted by Gasteiger charge is 2.35. The Kier molecular flexibility index (Phi) is 9.47. The van der Waals surface area contributed by atoms with Gasteiger partial charge in [0.05, 0.1) is 25.6 Å². The lowest BCUT2D eigenvalue weighted by Gasteiger charge is -2.33. The highest BCUT2D eigenvalue weighted by molar-refractivity contribution is 7.89. The molecule has 0 saturated carbocycles. The number of carbonyl (C=O) groups is 2. The van der Waals surface area contributed by atoms with Gasteiger partial charge in [-0.1, -0.05) is 17.2 Å². The highest BCUT2D eigenvalue weighted by atomic mass is 32.2. The zero-order valence-electron chi connectivity index (χ0n) is 25.3. The lowest BCUT2D eigenvalue weighted by Crippen LogP contribution is -2.48. The first-order valence-electron chi connectivity index (χ1n) is 13.8. The molecule has 3 atom stereocenters. The molecule has 3 aromatic rings. The molecule has 0 bridgehead atoms. The lowest BCUT2D eigenvalue weighted by molar-refractivity contribution is -0.134. The number of carbonyl (C=O) groups excluding carboxylic acids is 2. The quantitative estimate of drug-likeness (QED) is 0.340. The molecule has 1 aliphatic rings. The van der Waals surface area contributed by atoms with Crippen molar-refractivity contribution in [2.75, 3.05) is 37.4 Å². The summed E-state index contributed by atoms with van der Waals surface area (Å²) in [6.07, 6.45) is -0.743. The Morgan fingerprint density at radius 1 is 1.14 bits per heavy atom.